The molecule has 33 heavy (non-hydrogen) atoms. The topological polar surface area (TPSA) is 96.0 Å². The summed E-state index contributed by atoms with van der Waals surface area (Å²) in [5, 5.41) is 10.9. The SMILES string of the molecule is O=C(NCCc1cnc[nH]1)c1ccc(N2CCC(Oc3ccccc3C(F)(F)F)CC2)nn1. The number of H-pyrrole nitrogens is 1. The van der Waals surface area contributed by atoms with Crippen LogP contribution in [-0.4, -0.2) is 51.8 Å². The summed E-state index contributed by atoms with van der Waals surface area (Å²) in [5.74, 6) is 0.147. The molecule has 0 atom stereocenters. The highest BCUT2D eigenvalue weighted by Crippen LogP contribution is 2.37. The van der Waals surface area contributed by atoms with E-state index in [9.17, 15) is 18.0 Å². The zero-order valence-corrected chi connectivity index (χ0v) is 17.7. The Balaban J connectivity index is 1.27. The van der Waals surface area contributed by atoms with E-state index in [-0.39, 0.29) is 23.5 Å². The molecule has 2 aromatic heterocycles. The quantitative estimate of drug-likeness (QED) is 0.562. The van der Waals surface area contributed by atoms with Crippen molar-refractivity contribution in [1.29, 1.82) is 0 Å². The molecule has 1 aliphatic heterocycles. The second-order valence-corrected chi connectivity index (χ2v) is 7.66. The number of hydrogen-bond donors (Lipinski definition) is 2. The fourth-order valence-corrected chi connectivity index (χ4v) is 3.62. The number of aromatic amines is 1. The van der Waals surface area contributed by atoms with E-state index in [0.717, 1.165) is 11.8 Å². The molecule has 0 radical (unpaired) electrons. The van der Waals surface area contributed by atoms with Crippen molar-refractivity contribution in [3.63, 3.8) is 0 Å². The van der Waals surface area contributed by atoms with Crippen LogP contribution in [0.5, 0.6) is 5.75 Å². The molecule has 174 valence electrons. The molecule has 3 heterocycles. The van der Waals surface area contributed by atoms with Gasteiger partial charge in [-0.2, -0.15) is 13.2 Å². The number of piperidine rings is 1. The van der Waals surface area contributed by atoms with Crippen molar-refractivity contribution in [3.8, 4) is 5.75 Å². The molecule has 1 amide bonds. The summed E-state index contributed by atoms with van der Waals surface area (Å²) in [6, 6.07) is 8.58. The Labute approximate surface area is 188 Å². The van der Waals surface area contributed by atoms with Gasteiger partial charge in [-0.1, -0.05) is 12.1 Å². The lowest BCUT2D eigenvalue weighted by Crippen LogP contribution is -2.39. The van der Waals surface area contributed by atoms with Gasteiger partial charge in [0.1, 0.15) is 11.9 Å². The number of carbonyl (C=O) groups excluding carboxylic acids is 1. The predicted molar refractivity (Wildman–Crippen MR) is 114 cm³/mol. The smallest absolute Gasteiger partial charge is 0.419 e. The zero-order valence-electron chi connectivity index (χ0n) is 17.7. The standard InChI is InChI=1S/C22H23F3N6O2/c23-22(24,25)17-3-1-2-4-19(17)33-16-8-11-31(12-9-16)20-6-5-18(29-30-20)21(32)27-10-7-15-13-26-14-28-15/h1-6,13-14,16H,7-12H2,(H,26,28)(H,27,32). The number of nitrogens with zero attached hydrogens (tertiary/aromatic N) is 4. The number of nitrogens with one attached hydrogen (secondary N) is 2. The zero-order chi connectivity index (χ0) is 23.3. The van der Waals surface area contributed by atoms with Gasteiger partial charge < -0.3 is 19.9 Å². The highest BCUT2D eigenvalue weighted by Gasteiger charge is 2.35. The van der Waals surface area contributed by atoms with E-state index in [1.165, 1.54) is 18.2 Å². The van der Waals surface area contributed by atoms with E-state index in [1.807, 2.05) is 4.90 Å². The van der Waals surface area contributed by atoms with Crippen molar-refractivity contribution >= 4 is 11.7 Å². The van der Waals surface area contributed by atoms with Crippen LogP contribution in [-0.2, 0) is 12.6 Å². The van der Waals surface area contributed by atoms with Gasteiger partial charge in [-0.25, -0.2) is 4.98 Å². The first-order valence-electron chi connectivity index (χ1n) is 10.6. The van der Waals surface area contributed by atoms with E-state index >= 15 is 0 Å². The molecule has 2 N–H and O–H groups in total. The molecule has 1 aromatic carbocycles. The Morgan fingerprint density at radius 3 is 2.61 bits per heavy atom. The molecule has 1 saturated heterocycles. The Morgan fingerprint density at radius 1 is 1.15 bits per heavy atom. The third kappa shape index (κ3) is 5.79. The van der Waals surface area contributed by atoms with Crippen LogP contribution >= 0.6 is 0 Å². The Morgan fingerprint density at radius 2 is 1.94 bits per heavy atom. The van der Waals surface area contributed by atoms with Crippen LogP contribution in [0.1, 0.15) is 34.6 Å². The van der Waals surface area contributed by atoms with Crippen LogP contribution in [0.2, 0.25) is 0 Å². The van der Waals surface area contributed by atoms with Gasteiger partial charge in [0.05, 0.1) is 11.9 Å². The van der Waals surface area contributed by atoms with Crippen molar-refractivity contribution in [3.05, 3.63) is 65.9 Å². The van der Waals surface area contributed by atoms with Gasteiger partial charge in [-0.3, -0.25) is 4.79 Å². The number of benzene rings is 1. The molecule has 0 aliphatic carbocycles. The summed E-state index contributed by atoms with van der Waals surface area (Å²) >= 11 is 0. The number of amides is 1. The highest BCUT2D eigenvalue weighted by atomic mass is 19.4. The maximum absolute atomic E-state index is 13.2. The first-order chi connectivity index (χ1) is 15.9. The van der Waals surface area contributed by atoms with Gasteiger partial charge in [0.2, 0.25) is 0 Å². The fourth-order valence-electron chi connectivity index (χ4n) is 3.62. The van der Waals surface area contributed by atoms with E-state index in [2.05, 4.69) is 25.5 Å². The van der Waals surface area contributed by atoms with Crippen LogP contribution in [0.25, 0.3) is 0 Å². The average Bonchev–Trinajstić information content (AvgIpc) is 3.33. The van der Waals surface area contributed by atoms with E-state index in [4.69, 9.17) is 4.74 Å². The number of alkyl halides is 3. The van der Waals surface area contributed by atoms with E-state index in [1.54, 1.807) is 24.7 Å². The van der Waals surface area contributed by atoms with Crippen LogP contribution in [0, 0.1) is 0 Å². The highest BCUT2D eigenvalue weighted by molar-refractivity contribution is 5.92. The number of aromatic nitrogens is 4. The van der Waals surface area contributed by atoms with Crippen molar-refractivity contribution in [2.24, 2.45) is 0 Å². The average molecular weight is 460 g/mol. The minimum Gasteiger partial charge on any atom is -0.490 e. The van der Waals surface area contributed by atoms with Gasteiger partial charge in [0.25, 0.3) is 5.91 Å². The molecule has 0 unspecified atom stereocenters. The van der Waals surface area contributed by atoms with E-state index in [0.29, 0.717) is 44.7 Å². The monoisotopic (exact) mass is 460 g/mol. The molecule has 1 fully saturated rings. The largest absolute Gasteiger partial charge is 0.490 e. The molecule has 11 heteroatoms. The maximum Gasteiger partial charge on any atom is 0.419 e. The third-order valence-electron chi connectivity index (χ3n) is 5.37. The molecular weight excluding hydrogens is 437 g/mol. The maximum atomic E-state index is 13.2. The number of hydrogen-bond acceptors (Lipinski definition) is 6. The number of para-hydroxylation sites is 1. The van der Waals surface area contributed by atoms with Crippen molar-refractivity contribution in [2.45, 2.75) is 31.5 Å². The summed E-state index contributed by atoms with van der Waals surface area (Å²) in [7, 11) is 0. The number of ether oxygens (including phenoxy) is 1. The lowest BCUT2D eigenvalue weighted by atomic mass is 10.1. The Kier molecular flexibility index (Phi) is 6.76. The van der Waals surface area contributed by atoms with E-state index < -0.39 is 11.7 Å². The van der Waals surface area contributed by atoms with Crippen LogP contribution in [0.4, 0.5) is 19.0 Å². The molecule has 1 aliphatic rings. The Hall–Kier alpha value is -3.63. The van der Waals surface area contributed by atoms with Gasteiger partial charge in [0, 0.05) is 50.8 Å². The number of carbonyl (C=O) groups is 1. The summed E-state index contributed by atoms with van der Waals surface area (Å²) in [5.41, 5.74) is 0.369. The minimum atomic E-state index is -4.46. The molecule has 0 spiro atoms. The number of imidazole rings is 1. The predicted octanol–water partition coefficient (Wildman–Crippen LogP) is 3.24. The fraction of sp³-hybridized carbons (Fsp3) is 0.364. The first-order valence-corrected chi connectivity index (χ1v) is 10.6. The summed E-state index contributed by atoms with van der Waals surface area (Å²) in [4.78, 5) is 21.1. The minimum absolute atomic E-state index is 0.147. The molecular formula is C22H23F3N6O2. The molecule has 0 saturated carbocycles. The second kappa shape index (κ2) is 9.88. The van der Waals surface area contributed by atoms with Gasteiger partial charge >= 0.3 is 6.18 Å². The number of rotatable bonds is 7. The van der Waals surface area contributed by atoms with Gasteiger partial charge in [-0.05, 0) is 24.3 Å². The van der Waals surface area contributed by atoms with Crippen LogP contribution < -0.4 is 15.0 Å². The normalized spacial score (nSPS) is 14.8. The number of anilines is 1. The lowest BCUT2D eigenvalue weighted by Gasteiger charge is -2.33. The summed E-state index contributed by atoms with van der Waals surface area (Å²) in [6.45, 7) is 1.56. The molecule has 3 aromatic rings. The third-order valence-corrected chi connectivity index (χ3v) is 5.37. The summed E-state index contributed by atoms with van der Waals surface area (Å²) < 4.78 is 45.2. The lowest BCUT2D eigenvalue weighted by molar-refractivity contribution is -0.139. The first kappa shape index (κ1) is 22.6. The van der Waals surface area contributed by atoms with Gasteiger partial charge in [-0.15, -0.1) is 10.2 Å². The molecule has 4 rings (SSSR count). The van der Waals surface area contributed by atoms with Crippen LogP contribution in [0.3, 0.4) is 0 Å². The number of halogens is 3. The van der Waals surface area contributed by atoms with Gasteiger partial charge in [0.15, 0.2) is 11.5 Å². The molecule has 0 bridgehead atoms. The molecule has 8 nitrogen and oxygen atoms in total. The second-order valence-electron chi connectivity index (χ2n) is 7.66. The Bertz CT molecular complexity index is 1050. The van der Waals surface area contributed by atoms with Crippen molar-refractivity contribution in [1.82, 2.24) is 25.5 Å². The van der Waals surface area contributed by atoms with Crippen molar-refractivity contribution in [2.75, 3.05) is 24.5 Å². The summed E-state index contributed by atoms with van der Waals surface area (Å²) in [6.07, 6.45) is 0.217. The van der Waals surface area contributed by atoms with Crippen molar-refractivity contribution < 1.29 is 22.7 Å². The van der Waals surface area contributed by atoms with Crippen LogP contribution in [0.15, 0.2) is 48.9 Å².